The van der Waals surface area contributed by atoms with Gasteiger partial charge in [-0.05, 0) is 6.07 Å². The van der Waals surface area contributed by atoms with E-state index in [0.717, 1.165) is 11.3 Å². The highest BCUT2D eigenvalue weighted by molar-refractivity contribution is 6.04. The summed E-state index contributed by atoms with van der Waals surface area (Å²) in [6, 6.07) is 7.31. The Morgan fingerprint density at radius 2 is 2.12 bits per heavy atom. The molecule has 1 aliphatic rings. The molecule has 4 nitrogen and oxygen atoms in total. The third-order valence-corrected chi connectivity index (χ3v) is 2.89. The van der Waals surface area contributed by atoms with E-state index >= 15 is 0 Å². The number of hydrogen-bond donors (Lipinski definition) is 0. The van der Waals surface area contributed by atoms with E-state index in [0.29, 0.717) is 5.56 Å². The number of rotatable bonds is 1. The van der Waals surface area contributed by atoms with Crippen LogP contribution in [-0.2, 0) is 0 Å². The largest absolute Gasteiger partial charge is 0.377 e. The second-order valence-corrected chi connectivity index (χ2v) is 4.08. The van der Waals surface area contributed by atoms with E-state index in [1.165, 1.54) is 4.90 Å². The number of nitriles is 1. The quantitative estimate of drug-likeness (QED) is 0.711. The molecule has 1 aromatic carbocycles. The normalized spacial score (nSPS) is 18.2. The Morgan fingerprint density at radius 3 is 2.69 bits per heavy atom. The average Bonchev–Trinajstić information content (AvgIpc) is 2.51. The van der Waals surface area contributed by atoms with Gasteiger partial charge >= 0.3 is 0 Å². The SMILES string of the molecule is CN(C)c1cccc2c1C(=O)N(C)C2C#N. The van der Waals surface area contributed by atoms with Crippen LogP contribution in [0.2, 0.25) is 0 Å². The van der Waals surface area contributed by atoms with Gasteiger partial charge in [0.1, 0.15) is 6.04 Å². The van der Waals surface area contributed by atoms with Crippen LogP contribution in [0, 0.1) is 11.3 Å². The van der Waals surface area contributed by atoms with E-state index in [2.05, 4.69) is 6.07 Å². The molecule has 0 N–H and O–H groups in total. The molecule has 0 aromatic heterocycles. The first-order valence-electron chi connectivity index (χ1n) is 5.05. The Hall–Kier alpha value is -2.02. The van der Waals surface area contributed by atoms with Gasteiger partial charge in [-0.1, -0.05) is 12.1 Å². The lowest BCUT2D eigenvalue weighted by atomic mass is 10.0. The third kappa shape index (κ3) is 1.25. The van der Waals surface area contributed by atoms with E-state index in [-0.39, 0.29) is 5.91 Å². The Balaban J connectivity index is 2.67. The fourth-order valence-electron chi connectivity index (χ4n) is 2.05. The maximum atomic E-state index is 12.0. The van der Waals surface area contributed by atoms with E-state index in [9.17, 15) is 4.79 Å². The summed E-state index contributed by atoms with van der Waals surface area (Å²) < 4.78 is 0. The number of amides is 1. The van der Waals surface area contributed by atoms with Gasteiger partial charge in [-0.2, -0.15) is 5.26 Å². The number of hydrogen-bond acceptors (Lipinski definition) is 3. The molecule has 1 unspecified atom stereocenters. The second kappa shape index (κ2) is 3.53. The molecule has 0 aliphatic carbocycles. The van der Waals surface area contributed by atoms with Crippen molar-refractivity contribution in [2.24, 2.45) is 0 Å². The fraction of sp³-hybridized carbons (Fsp3) is 0.333. The van der Waals surface area contributed by atoms with Crippen LogP contribution in [-0.4, -0.2) is 32.0 Å². The highest BCUT2D eigenvalue weighted by atomic mass is 16.2. The molecule has 82 valence electrons. The summed E-state index contributed by atoms with van der Waals surface area (Å²) in [6.07, 6.45) is 0. The number of benzene rings is 1. The second-order valence-electron chi connectivity index (χ2n) is 4.08. The minimum absolute atomic E-state index is 0.0779. The number of carbonyl (C=O) groups excluding carboxylic acids is 1. The monoisotopic (exact) mass is 215 g/mol. The average molecular weight is 215 g/mol. The standard InChI is InChI=1S/C12H13N3O/c1-14(2)9-6-4-5-8-10(7-13)15(3)12(16)11(8)9/h4-6,10H,1-3H3. The first-order valence-corrected chi connectivity index (χ1v) is 5.05. The molecule has 16 heavy (non-hydrogen) atoms. The van der Waals surface area contributed by atoms with Gasteiger partial charge in [0.25, 0.3) is 5.91 Å². The Kier molecular flexibility index (Phi) is 2.31. The van der Waals surface area contributed by atoms with Gasteiger partial charge in [0.05, 0.1) is 11.6 Å². The molecule has 1 heterocycles. The van der Waals surface area contributed by atoms with Crippen LogP contribution in [0.5, 0.6) is 0 Å². The van der Waals surface area contributed by atoms with Crippen molar-refractivity contribution < 1.29 is 4.79 Å². The molecule has 0 saturated heterocycles. The molecule has 1 aromatic rings. The summed E-state index contributed by atoms with van der Waals surface area (Å²) in [6.45, 7) is 0. The zero-order valence-corrected chi connectivity index (χ0v) is 9.56. The molecule has 0 fully saturated rings. The Labute approximate surface area is 94.7 Å². The maximum absolute atomic E-state index is 12.0. The zero-order valence-electron chi connectivity index (χ0n) is 9.56. The van der Waals surface area contributed by atoms with E-state index in [1.807, 2.05) is 37.2 Å². The highest BCUT2D eigenvalue weighted by Gasteiger charge is 2.36. The lowest BCUT2D eigenvalue weighted by molar-refractivity contribution is 0.0800. The molecule has 1 aliphatic heterocycles. The third-order valence-electron chi connectivity index (χ3n) is 2.89. The highest BCUT2D eigenvalue weighted by Crippen LogP contribution is 2.36. The molecule has 4 heteroatoms. The van der Waals surface area contributed by atoms with E-state index in [4.69, 9.17) is 5.26 Å². The molecule has 1 amide bonds. The minimum atomic E-state index is -0.456. The number of nitrogens with zero attached hydrogens (tertiary/aromatic N) is 3. The van der Waals surface area contributed by atoms with Crippen molar-refractivity contribution in [1.29, 1.82) is 5.26 Å². The van der Waals surface area contributed by atoms with E-state index in [1.54, 1.807) is 7.05 Å². The van der Waals surface area contributed by atoms with Gasteiger partial charge < -0.3 is 9.80 Å². The van der Waals surface area contributed by atoms with Gasteiger partial charge in [-0.25, -0.2) is 0 Å². The van der Waals surface area contributed by atoms with E-state index < -0.39 is 6.04 Å². The molecule has 0 saturated carbocycles. The molecule has 0 bridgehead atoms. The van der Waals surface area contributed by atoms with Crippen molar-refractivity contribution in [3.63, 3.8) is 0 Å². The van der Waals surface area contributed by atoms with Crippen molar-refractivity contribution in [3.8, 4) is 6.07 Å². The van der Waals surface area contributed by atoms with Crippen molar-refractivity contribution in [1.82, 2.24) is 4.90 Å². The summed E-state index contributed by atoms with van der Waals surface area (Å²) in [5.74, 6) is -0.0779. The molecule has 0 radical (unpaired) electrons. The van der Waals surface area contributed by atoms with Crippen LogP contribution in [0.1, 0.15) is 22.0 Å². The maximum Gasteiger partial charge on any atom is 0.257 e. The molecule has 0 spiro atoms. The van der Waals surface area contributed by atoms with Gasteiger partial charge in [0, 0.05) is 32.4 Å². The van der Waals surface area contributed by atoms with Crippen LogP contribution >= 0.6 is 0 Å². The fourth-order valence-corrected chi connectivity index (χ4v) is 2.05. The lowest BCUT2D eigenvalue weighted by Crippen LogP contribution is -2.22. The summed E-state index contributed by atoms with van der Waals surface area (Å²) in [5, 5.41) is 9.07. The van der Waals surface area contributed by atoms with Crippen LogP contribution in [0.25, 0.3) is 0 Å². The Bertz CT molecular complexity index is 488. The summed E-state index contributed by atoms with van der Waals surface area (Å²) >= 11 is 0. The van der Waals surface area contributed by atoms with Gasteiger partial charge in [0.2, 0.25) is 0 Å². The van der Waals surface area contributed by atoms with Crippen LogP contribution < -0.4 is 4.90 Å². The van der Waals surface area contributed by atoms with Crippen molar-refractivity contribution in [3.05, 3.63) is 29.3 Å². The number of anilines is 1. The molecular formula is C12H13N3O. The van der Waals surface area contributed by atoms with Crippen molar-refractivity contribution in [2.75, 3.05) is 26.0 Å². The van der Waals surface area contributed by atoms with Gasteiger partial charge in [-0.15, -0.1) is 0 Å². The molecule has 2 rings (SSSR count). The Morgan fingerprint density at radius 1 is 1.44 bits per heavy atom. The predicted octanol–water partition coefficient (Wildman–Crippen LogP) is 1.40. The zero-order chi connectivity index (χ0) is 11.9. The topological polar surface area (TPSA) is 47.3 Å². The smallest absolute Gasteiger partial charge is 0.257 e. The predicted molar refractivity (Wildman–Crippen MR) is 61.2 cm³/mol. The van der Waals surface area contributed by atoms with Crippen molar-refractivity contribution in [2.45, 2.75) is 6.04 Å². The lowest BCUT2D eigenvalue weighted by Gasteiger charge is -2.15. The van der Waals surface area contributed by atoms with Crippen LogP contribution in [0.4, 0.5) is 5.69 Å². The summed E-state index contributed by atoms with van der Waals surface area (Å²) in [7, 11) is 5.45. The first-order chi connectivity index (χ1) is 7.57. The number of fused-ring (bicyclic) bond motifs is 1. The summed E-state index contributed by atoms with van der Waals surface area (Å²) in [5.41, 5.74) is 2.33. The van der Waals surface area contributed by atoms with Crippen molar-refractivity contribution >= 4 is 11.6 Å². The van der Waals surface area contributed by atoms with Crippen LogP contribution in [0.3, 0.4) is 0 Å². The first kappa shape index (κ1) is 10.5. The minimum Gasteiger partial charge on any atom is -0.377 e. The molecule has 1 atom stereocenters. The van der Waals surface area contributed by atoms with Gasteiger partial charge in [-0.3, -0.25) is 4.79 Å². The summed E-state index contributed by atoms with van der Waals surface area (Å²) in [4.78, 5) is 15.4. The van der Waals surface area contributed by atoms with Gasteiger partial charge in [0.15, 0.2) is 0 Å². The molecular weight excluding hydrogens is 202 g/mol. The number of carbonyl (C=O) groups is 1. The van der Waals surface area contributed by atoms with Crippen LogP contribution in [0.15, 0.2) is 18.2 Å².